The van der Waals surface area contributed by atoms with Gasteiger partial charge in [0.2, 0.25) is 0 Å². The SMILES string of the molecule is CC=C(C)c1cn2c(-c3ccc(C(=O)NC4CC4)cc3)cnc2c(NCC(C)C)n1. The van der Waals surface area contributed by atoms with Crippen LogP contribution in [0.4, 0.5) is 5.82 Å². The Morgan fingerprint density at radius 2 is 2.00 bits per heavy atom. The molecule has 0 saturated heterocycles. The number of benzene rings is 1. The van der Waals surface area contributed by atoms with Crippen LogP contribution in [0.2, 0.25) is 0 Å². The molecule has 0 bridgehead atoms. The summed E-state index contributed by atoms with van der Waals surface area (Å²) in [6.07, 6.45) is 8.12. The van der Waals surface area contributed by atoms with Crippen LogP contribution in [0, 0.1) is 5.92 Å². The first-order valence-corrected chi connectivity index (χ1v) is 10.6. The number of hydrogen-bond acceptors (Lipinski definition) is 4. The van der Waals surface area contributed by atoms with Crippen LogP contribution >= 0.6 is 0 Å². The molecule has 0 radical (unpaired) electrons. The van der Waals surface area contributed by atoms with Gasteiger partial charge in [-0.3, -0.25) is 9.20 Å². The highest BCUT2D eigenvalue weighted by Gasteiger charge is 2.23. The van der Waals surface area contributed by atoms with Crippen molar-refractivity contribution in [1.82, 2.24) is 19.7 Å². The van der Waals surface area contributed by atoms with Gasteiger partial charge in [-0.2, -0.15) is 0 Å². The maximum atomic E-state index is 12.3. The normalized spacial score (nSPS) is 14.4. The maximum absolute atomic E-state index is 12.3. The topological polar surface area (TPSA) is 71.3 Å². The number of aromatic nitrogens is 3. The lowest BCUT2D eigenvalue weighted by Gasteiger charge is -2.13. The minimum Gasteiger partial charge on any atom is -0.367 e. The maximum Gasteiger partial charge on any atom is 0.251 e. The fraction of sp³-hybridized carbons (Fsp3) is 0.375. The molecule has 2 heterocycles. The summed E-state index contributed by atoms with van der Waals surface area (Å²) >= 11 is 0. The second-order valence-corrected chi connectivity index (χ2v) is 8.38. The van der Waals surface area contributed by atoms with Gasteiger partial charge in [0.25, 0.3) is 5.91 Å². The zero-order chi connectivity index (χ0) is 21.3. The fourth-order valence-electron chi connectivity index (χ4n) is 3.25. The lowest BCUT2D eigenvalue weighted by atomic mass is 10.1. The van der Waals surface area contributed by atoms with Crippen molar-refractivity contribution in [3.8, 4) is 11.3 Å². The summed E-state index contributed by atoms with van der Waals surface area (Å²) in [5.74, 6) is 1.29. The van der Waals surface area contributed by atoms with Gasteiger partial charge < -0.3 is 10.6 Å². The van der Waals surface area contributed by atoms with Gasteiger partial charge >= 0.3 is 0 Å². The van der Waals surface area contributed by atoms with E-state index >= 15 is 0 Å². The van der Waals surface area contributed by atoms with Gasteiger partial charge in [-0.1, -0.05) is 32.1 Å². The average molecular weight is 404 g/mol. The Kier molecular flexibility index (Phi) is 5.57. The predicted octanol–water partition coefficient (Wildman–Crippen LogP) is 4.78. The first-order valence-electron chi connectivity index (χ1n) is 10.6. The number of nitrogens with zero attached hydrogens (tertiary/aromatic N) is 3. The molecule has 0 unspecified atom stereocenters. The Morgan fingerprint density at radius 3 is 2.63 bits per heavy atom. The third-order valence-corrected chi connectivity index (χ3v) is 5.36. The first kappa shape index (κ1) is 20.1. The number of fused-ring (bicyclic) bond motifs is 1. The molecule has 6 nitrogen and oxygen atoms in total. The number of anilines is 1. The lowest BCUT2D eigenvalue weighted by molar-refractivity contribution is 0.0951. The number of nitrogens with one attached hydrogen (secondary N) is 2. The summed E-state index contributed by atoms with van der Waals surface area (Å²) in [6.45, 7) is 9.24. The molecular formula is C24H29N5O. The molecule has 1 aliphatic rings. The molecule has 1 fully saturated rings. The molecule has 6 heteroatoms. The molecular weight excluding hydrogens is 374 g/mol. The fourth-order valence-corrected chi connectivity index (χ4v) is 3.25. The Hall–Kier alpha value is -3.15. The van der Waals surface area contributed by atoms with Crippen molar-refractivity contribution in [2.75, 3.05) is 11.9 Å². The van der Waals surface area contributed by atoms with E-state index in [1.54, 1.807) is 0 Å². The third kappa shape index (κ3) is 4.22. The van der Waals surface area contributed by atoms with Crippen LogP contribution in [0.3, 0.4) is 0 Å². The molecule has 3 aromatic rings. The van der Waals surface area contributed by atoms with E-state index < -0.39 is 0 Å². The van der Waals surface area contributed by atoms with Crippen LogP contribution < -0.4 is 10.6 Å². The number of carbonyl (C=O) groups is 1. The standard InChI is InChI=1S/C24H29N5O/c1-5-16(4)20-14-29-21(13-26-23(29)22(28-20)25-12-15(2)3)17-6-8-18(9-7-17)24(30)27-19-10-11-19/h5-9,13-15,19H,10-12H2,1-4H3,(H,25,28)(H,27,30). The molecule has 2 N–H and O–H groups in total. The van der Waals surface area contributed by atoms with E-state index in [0.717, 1.165) is 53.4 Å². The molecule has 156 valence electrons. The van der Waals surface area contributed by atoms with E-state index in [0.29, 0.717) is 17.5 Å². The first-order chi connectivity index (χ1) is 14.5. The molecule has 1 saturated carbocycles. The van der Waals surface area contributed by atoms with Crippen molar-refractivity contribution in [2.24, 2.45) is 5.92 Å². The van der Waals surface area contributed by atoms with E-state index in [9.17, 15) is 4.79 Å². The van der Waals surface area contributed by atoms with E-state index in [1.165, 1.54) is 0 Å². The highest BCUT2D eigenvalue weighted by molar-refractivity contribution is 5.95. The number of amides is 1. The van der Waals surface area contributed by atoms with Gasteiger partial charge in [0.15, 0.2) is 11.5 Å². The van der Waals surface area contributed by atoms with Crippen LogP contribution in [-0.4, -0.2) is 32.9 Å². The zero-order valence-electron chi connectivity index (χ0n) is 18.1. The van der Waals surface area contributed by atoms with Crippen molar-refractivity contribution < 1.29 is 4.79 Å². The molecule has 1 aliphatic carbocycles. The Labute approximate surface area is 177 Å². The summed E-state index contributed by atoms with van der Waals surface area (Å²) in [5.41, 5.74) is 5.49. The quantitative estimate of drug-likeness (QED) is 0.596. The number of hydrogen-bond donors (Lipinski definition) is 2. The van der Waals surface area contributed by atoms with Gasteiger partial charge in [0.1, 0.15) is 0 Å². The van der Waals surface area contributed by atoms with Crippen LogP contribution in [0.5, 0.6) is 0 Å². The van der Waals surface area contributed by atoms with Gasteiger partial charge in [-0.05, 0) is 50.3 Å². The summed E-state index contributed by atoms with van der Waals surface area (Å²) < 4.78 is 2.08. The molecule has 0 spiro atoms. The van der Waals surface area contributed by atoms with Gasteiger partial charge in [0.05, 0.1) is 17.6 Å². The van der Waals surface area contributed by atoms with Gasteiger partial charge in [0, 0.05) is 29.9 Å². The lowest BCUT2D eigenvalue weighted by Crippen LogP contribution is -2.25. The minimum atomic E-state index is -0.00226. The summed E-state index contributed by atoms with van der Waals surface area (Å²) in [5, 5.41) is 6.48. The molecule has 1 aromatic carbocycles. The van der Waals surface area contributed by atoms with Crippen molar-refractivity contribution in [1.29, 1.82) is 0 Å². The zero-order valence-corrected chi connectivity index (χ0v) is 18.1. The van der Waals surface area contributed by atoms with Crippen molar-refractivity contribution in [3.05, 3.63) is 54.0 Å². The Balaban J connectivity index is 1.71. The number of carbonyl (C=O) groups excluding carboxylic acids is 1. The summed E-state index contributed by atoms with van der Waals surface area (Å²) in [4.78, 5) is 21.7. The van der Waals surface area contributed by atoms with Crippen molar-refractivity contribution in [3.63, 3.8) is 0 Å². The third-order valence-electron chi connectivity index (χ3n) is 5.36. The molecule has 4 rings (SSSR count). The average Bonchev–Trinajstić information content (AvgIpc) is 3.46. The van der Waals surface area contributed by atoms with Gasteiger partial charge in [-0.25, -0.2) is 9.97 Å². The van der Waals surface area contributed by atoms with E-state index in [4.69, 9.17) is 4.98 Å². The van der Waals surface area contributed by atoms with Crippen LogP contribution in [-0.2, 0) is 0 Å². The second-order valence-electron chi connectivity index (χ2n) is 8.38. The highest BCUT2D eigenvalue weighted by Crippen LogP contribution is 2.27. The number of imidazole rings is 1. The van der Waals surface area contributed by atoms with Crippen LogP contribution in [0.1, 0.15) is 56.6 Å². The largest absolute Gasteiger partial charge is 0.367 e. The minimum absolute atomic E-state index is 0.00226. The summed E-state index contributed by atoms with van der Waals surface area (Å²) in [6, 6.07) is 8.07. The number of rotatable bonds is 7. The second kappa shape index (κ2) is 8.30. The van der Waals surface area contributed by atoms with E-state index in [-0.39, 0.29) is 5.91 Å². The molecule has 30 heavy (non-hydrogen) atoms. The molecule has 2 aromatic heterocycles. The molecule has 0 atom stereocenters. The van der Waals surface area contributed by atoms with Crippen LogP contribution in [0.15, 0.2) is 42.7 Å². The smallest absolute Gasteiger partial charge is 0.251 e. The Bertz CT molecular complexity index is 1090. The number of allylic oxidation sites excluding steroid dienone is 2. The molecule has 1 amide bonds. The summed E-state index contributed by atoms with van der Waals surface area (Å²) in [7, 11) is 0. The van der Waals surface area contributed by atoms with Crippen molar-refractivity contribution >= 4 is 22.9 Å². The van der Waals surface area contributed by atoms with E-state index in [2.05, 4.69) is 46.9 Å². The predicted molar refractivity (Wildman–Crippen MR) is 122 cm³/mol. The van der Waals surface area contributed by atoms with Crippen molar-refractivity contribution in [2.45, 2.75) is 46.6 Å². The highest BCUT2D eigenvalue weighted by atomic mass is 16.1. The monoisotopic (exact) mass is 403 g/mol. The Morgan fingerprint density at radius 1 is 1.27 bits per heavy atom. The van der Waals surface area contributed by atoms with E-state index in [1.807, 2.05) is 43.6 Å². The molecule has 0 aliphatic heterocycles. The van der Waals surface area contributed by atoms with Gasteiger partial charge in [-0.15, -0.1) is 0 Å². The van der Waals surface area contributed by atoms with Crippen LogP contribution in [0.25, 0.3) is 22.5 Å².